The first kappa shape index (κ1) is 12.9. The maximum Gasteiger partial charge on any atom is 0.171 e. The lowest BCUT2D eigenvalue weighted by Crippen LogP contribution is -2.10. The van der Waals surface area contributed by atoms with Crippen molar-refractivity contribution in [3.8, 4) is 0 Å². The smallest absolute Gasteiger partial charge is 0.171 e. The molecule has 0 N–H and O–H groups in total. The van der Waals surface area contributed by atoms with E-state index in [9.17, 15) is 4.79 Å². The highest BCUT2D eigenvalue weighted by Gasteiger charge is 2.16. The van der Waals surface area contributed by atoms with E-state index in [1.165, 1.54) is 18.7 Å². The van der Waals surface area contributed by atoms with E-state index in [0.717, 1.165) is 22.4 Å². The third-order valence-corrected chi connectivity index (χ3v) is 3.69. The van der Waals surface area contributed by atoms with Gasteiger partial charge in [0.1, 0.15) is 6.33 Å². The Bertz CT molecular complexity index is 565. The lowest BCUT2D eigenvalue weighted by Gasteiger charge is -2.04. The summed E-state index contributed by atoms with van der Waals surface area (Å²) < 4.78 is 2.73. The number of hydrogen-bond acceptors (Lipinski definition) is 4. The Kier molecular flexibility index (Phi) is 3.86. The molecule has 18 heavy (non-hydrogen) atoms. The third kappa shape index (κ3) is 2.48. The van der Waals surface area contributed by atoms with E-state index in [1.54, 1.807) is 0 Å². The van der Waals surface area contributed by atoms with Gasteiger partial charge in [-0.3, -0.25) is 9.48 Å². The van der Waals surface area contributed by atoms with Crippen molar-refractivity contribution in [2.45, 2.75) is 26.8 Å². The molecule has 0 saturated carbocycles. The molecule has 94 valence electrons. The van der Waals surface area contributed by atoms with E-state index in [4.69, 9.17) is 0 Å². The molecule has 0 aromatic carbocycles. The molecule has 0 amide bonds. The number of ketones is 1. The first-order chi connectivity index (χ1) is 8.63. The van der Waals surface area contributed by atoms with Crippen molar-refractivity contribution in [2.75, 3.05) is 0 Å². The number of nitrogens with zero attached hydrogens (tertiary/aromatic N) is 4. The van der Waals surface area contributed by atoms with Crippen molar-refractivity contribution in [3.05, 3.63) is 40.1 Å². The Hall–Kier alpha value is -1.56. The summed E-state index contributed by atoms with van der Waals surface area (Å²) in [6.07, 6.45) is 4.77. The van der Waals surface area contributed by atoms with Crippen LogP contribution in [-0.2, 0) is 13.0 Å². The van der Waals surface area contributed by atoms with E-state index < -0.39 is 0 Å². The zero-order valence-corrected chi connectivity index (χ0v) is 11.8. The molecule has 0 saturated heterocycles. The largest absolute Gasteiger partial charge is 0.294 e. The zero-order valence-electron chi connectivity index (χ0n) is 10.2. The van der Waals surface area contributed by atoms with Gasteiger partial charge in [0.15, 0.2) is 5.78 Å². The Balaban J connectivity index is 2.27. The molecule has 0 aliphatic carbocycles. The molecule has 0 atom stereocenters. The normalized spacial score (nSPS) is 10.6. The number of Topliss-reactive ketones (excluding diaryl/α,β-unsaturated/α-hetero) is 1. The van der Waals surface area contributed by atoms with Gasteiger partial charge in [-0.25, -0.2) is 9.97 Å². The number of carbonyl (C=O) groups is 1. The van der Waals surface area contributed by atoms with Crippen LogP contribution in [0.2, 0.25) is 0 Å². The van der Waals surface area contributed by atoms with Gasteiger partial charge in [-0.1, -0.05) is 0 Å². The molecule has 2 rings (SSSR count). The van der Waals surface area contributed by atoms with Gasteiger partial charge in [-0.2, -0.15) is 5.10 Å². The Morgan fingerprint density at radius 1 is 1.39 bits per heavy atom. The summed E-state index contributed by atoms with van der Waals surface area (Å²) in [5.41, 5.74) is 2.30. The Morgan fingerprint density at radius 3 is 2.67 bits per heavy atom. The van der Waals surface area contributed by atoms with Crippen LogP contribution in [0.3, 0.4) is 0 Å². The highest BCUT2D eigenvalue weighted by Crippen LogP contribution is 2.22. The fourth-order valence-electron chi connectivity index (χ4n) is 1.74. The quantitative estimate of drug-likeness (QED) is 0.812. The van der Waals surface area contributed by atoms with E-state index in [-0.39, 0.29) is 5.78 Å². The minimum absolute atomic E-state index is 0.00843. The zero-order chi connectivity index (χ0) is 13.1. The Labute approximate surface area is 113 Å². The van der Waals surface area contributed by atoms with Crippen molar-refractivity contribution >= 4 is 21.7 Å². The van der Waals surface area contributed by atoms with E-state index >= 15 is 0 Å². The maximum absolute atomic E-state index is 12.1. The summed E-state index contributed by atoms with van der Waals surface area (Å²) >= 11 is 3.48. The van der Waals surface area contributed by atoms with Crippen molar-refractivity contribution in [1.82, 2.24) is 19.7 Å². The third-order valence-electron chi connectivity index (χ3n) is 2.66. The molecule has 0 aliphatic heterocycles. The summed E-state index contributed by atoms with van der Waals surface area (Å²) in [6, 6.07) is 0. The molecule has 0 unspecified atom stereocenters. The SMILES string of the molecule is CCn1nc(C)c(Br)c1CC(=O)c1cncnc1. The van der Waals surface area contributed by atoms with Crippen LogP contribution >= 0.6 is 15.9 Å². The second kappa shape index (κ2) is 5.39. The topological polar surface area (TPSA) is 60.7 Å². The maximum atomic E-state index is 12.1. The van der Waals surface area contributed by atoms with Gasteiger partial charge in [0.05, 0.1) is 27.8 Å². The lowest BCUT2D eigenvalue weighted by atomic mass is 10.1. The van der Waals surface area contributed by atoms with Crippen LogP contribution in [0.5, 0.6) is 0 Å². The number of aromatic nitrogens is 4. The van der Waals surface area contributed by atoms with Gasteiger partial charge >= 0.3 is 0 Å². The van der Waals surface area contributed by atoms with Crippen LogP contribution in [-0.4, -0.2) is 25.5 Å². The molecule has 6 heteroatoms. The van der Waals surface area contributed by atoms with Gasteiger partial charge in [-0.05, 0) is 29.8 Å². The molecule has 2 heterocycles. The predicted octanol–water partition coefficient (Wildman–Crippen LogP) is 2.19. The van der Waals surface area contributed by atoms with Crippen LogP contribution in [0.25, 0.3) is 0 Å². The van der Waals surface area contributed by atoms with Crippen molar-refractivity contribution in [3.63, 3.8) is 0 Å². The average Bonchev–Trinajstić information content (AvgIpc) is 2.67. The molecular formula is C12H13BrN4O. The molecule has 0 aliphatic rings. The number of halogens is 1. The first-order valence-electron chi connectivity index (χ1n) is 5.63. The summed E-state index contributed by atoms with van der Waals surface area (Å²) in [5.74, 6) is -0.00843. The van der Waals surface area contributed by atoms with Crippen LogP contribution in [0, 0.1) is 6.92 Å². The fourth-order valence-corrected chi connectivity index (χ4v) is 2.16. The number of hydrogen-bond donors (Lipinski definition) is 0. The van der Waals surface area contributed by atoms with Crippen molar-refractivity contribution in [1.29, 1.82) is 0 Å². The molecule has 5 nitrogen and oxygen atoms in total. The predicted molar refractivity (Wildman–Crippen MR) is 70.4 cm³/mol. The minimum Gasteiger partial charge on any atom is -0.294 e. The fraction of sp³-hybridized carbons (Fsp3) is 0.333. The molecule has 0 spiro atoms. The number of rotatable bonds is 4. The van der Waals surface area contributed by atoms with Crippen molar-refractivity contribution < 1.29 is 4.79 Å². The minimum atomic E-state index is -0.00843. The molecule has 2 aromatic rings. The standard InChI is InChI=1S/C12H13BrN4O/c1-3-17-10(12(13)8(2)16-17)4-11(18)9-5-14-7-15-6-9/h5-7H,3-4H2,1-2H3. The summed E-state index contributed by atoms with van der Waals surface area (Å²) in [5, 5.41) is 4.36. The second-order valence-corrected chi connectivity index (χ2v) is 4.68. The van der Waals surface area contributed by atoms with Crippen LogP contribution < -0.4 is 0 Å². The molecule has 0 fully saturated rings. The average molecular weight is 309 g/mol. The van der Waals surface area contributed by atoms with Gasteiger partial charge in [0.25, 0.3) is 0 Å². The lowest BCUT2D eigenvalue weighted by molar-refractivity contribution is 0.0989. The van der Waals surface area contributed by atoms with Crippen molar-refractivity contribution in [2.24, 2.45) is 0 Å². The van der Waals surface area contributed by atoms with Crippen LogP contribution in [0.15, 0.2) is 23.2 Å². The Morgan fingerprint density at radius 2 is 2.06 bits per heavy atom. The number of carbonyl (C=O) groups excluding carboxylic acids is 1. The highest BCUT2D eigenvalue weighted by molar-refractivity contribution is 9.10. The van der Waals surface area contributed by atoms with Crippen LogP contribution in [0.1, 0.15) is 28.7 Å². The van der Waals surface area contributed by atoms with Gasteiger partial charge in [0.2, 0.25) is 0 Å². The van der Waals surface area contributed by atoms with E-state index in [0.29, 0.717) is 12.0 Å². The highest BCUT2D eigenvalue weighted by atomic mass is 79.9. The van der Waals surface area contributed by atoms with Gasteiger partial charge in [-0.15, -0.1) is 0 Å². The van der Waals surface area contributed by atoms with Gasteiger partial charge < -0.3 is 0 Å². The second-order valence-electron chi connectivity index (χ2n) is 3.89. The summed E-state index contributed by atoms with van der Waals surface area (Å²) in [7, 11) is 0. The van der Waals surface area contributed by atoms with E-state index in [1.807, 2.05) is 18.5 Å². The molecular weight excluding hydrogens is 296 g/mol. The first-order valence-corrected chi connectivity index (χ1v) is 6.42. The van der Waals surface area contributed by atoms with Crippen LogP contribution in [0.4, 0.5) is 0 Å². The van der Waals surface area contributed by atoms with E-state index in [2.05, 4.69) is 31.0 Å². The molecule has 2 aromatic heterocycles. The summed E-state index contributed by atoms with van der Waals surface area (Å²) in [6.45, 7) is 4.65. The van der Waals surface area contributed by atoms with Gasteiger partial charge in [0, 0.05) is 18.9 Å². The molecule has 0 radical (unpaired) electrons. The molecule has 0 bridgehead atoms. The number of aryl methyl sites for hydroxylation is 2. The monoisotopic (exact) mass is 308 g/mol. The summed E-state index contributed by atoms with van der Waals surface area (Å²) in [4.78, 5) is 19.8.